The zero-order valence-electron chi connectivity index (χ0n) is 12.8. The molecule has 1 aliphatic carbocycles. The Hall–Kier alpha value is -1.58. The number of anilines is 1. The van der Waals surface area contributed by atoms with Crippen LogP contribution in [0.25, 0.3) is 0 Å². The number of rotatable bonds is 4. The first-order chi connectivity index (χ1) is 10.1. The van der Waals surface area contributed by atoms with E-state index in [1.165, 1.54) is 6.07 Å². The average molecular weight is 293 g/mol. The first kappa shape index (κ1) is 15.8. The van der Waals surface area contributed by atoms with Gasteiger partial charge in [-0.3, -0.25) is 0 Å². The summed E-state index contributed by atoms with van der Waals surface area (Å²) in [5.41, 5.74) is -0.428. The minimum atomic E-state index is -0.803. The molecule has 2 unspecified atom stereocenters. The Morgan fingerprint density at radius 1 is 1.38 bits per heavy atom. The third-order valence-corrected chi connectivity index (χ3v) is 4.28. The highest BCUT2D eigenvalue weighted by molar-refractivity contribution is 5.84. The highest BCUT2D eigenvalue weighted by atomic mass is 19.1. The molecule has 3 nitrogen and oxygen atoms in total. The average Bonchev–Trinajstić information content (AvgIpc) is 2.65. The van der Waals surface area contributed by atoms with Crippen molar-refractivity contribution in [2.45, 2.75) is 51.5 Å². The lowest BCUT2D eigenvalue weighted by atomic mass is 9.89. The van der Waals surface area contributed by atoms with E-state index in [2.05, 4.69) is 12.2 Å². The quantitative estimate of drug-likeness (QED) is 0.670. The molecule has 1 aromatic carbocycles. The molecule has 0 saturated heterocycles. The maximum Gasteiger partial charge on any atom is 0.331 e. The number of hydrogen-bond donors (Lipinski definition) is 1. The lowest BCUT2D eigenvalue weighted by molar-refractivity contribution is -0.149. The van der Waals surface area contributed by atoms with Crippen LogP contribution in [0.3, 0.4) is 0 Å². The standard InChI is InChI=1S/C17H24FNO2/c1-3-21-16(20)17(11-6-7-13(2)10-12-17)19-15-9-5-4-8-14(15)18/h4-5,8-9,13,19H,3,6-7,10-12H2,1-2H3. The molecule has 116 valence electrons. The van der Waals surface area contributed by atoms with E-state index in [0.717, 1.165) is 19.3 Å². The molecule has 1 aliphatic rings. The number of halogens is 1. The van der Waals surface area contributed by atoms with Gasteiger partial charge in [0, 0.05) is 0 Å². The van der Waals surface area contributed by atoms with E-state index < -0.39 is 5.54 Å². The molecule has 1 aromatic rings. The van der Waals surface area contributed by atoms with Crippen LogP contribution in [0.2, 0.25) is 0 Å². The second kappa shape index (κ2) is 6.92. The predicted molar refractivity (Wildman–Crippen MR) is 81.6 cm³/mol. The van der Waals surface area contributed by atoms with Gasteiger partial charge in [0.15, 0.2) is 0 Å². The van der Waals surface area contributed by atoms with E-state index in [1.807, 2.05) is 0 Å². The van der Waals surface area contributed by atoms with Gasteiger partial charge in [0.05, 0.1) is 12.3 Å². The Bertz CT molecular complexity index is 491. The van der Waals surface area contributed by atoms with Gasteiger partial charge in [0.25, 0.3) is 0 Å². The number of benzene rings is 1. The Labute approximate surface area is 125 Å². The number of esters is 1. The van der Waals surface area contributed by atoms with Crippen LogP contribution < -0.4 is 5.32 Å². The van der Waals surface area contributed by atoms with Gasteiger partial charge in [-0.2, -0.15) is 0 Å². The topological polar surface area (TPSA) is 38.3 Å². The van der Waals surface area contributed by atoms with E-state index in [-0.39, 0.29) is 11.8 Å². The Balaban J connectivity index is 2.27. The van der Waals surface area contributed by atoms with Gasteiger partial charge in [0.2, 0.25) is 0 Å². The van der Waals surface area contributed by atoms with Crippen LogP contribution >= 0.6 is 0 Å². The molecule has 0 heterocycles. The Morgan fingerprint density at radius 2 is 2.14 bits per heavy atom. The molecule has 0 aliphatic heterocycles. The van der Waals surface area contributed by atoms with Gasteiger partial charge < -0.3 is 10.1 Å². The highest BCUT2D eigenvalue weighted by Gasteiger charge is 2.41. The fraction of sp³-hybridized carbons (Fsp3) is 0.588. The summed E-state index contributed by atoms with van der Waals surface area (Å²) in [5.74, 6) is -0.00968. The number of hydrogen-bond acceptors (Lipinski definition) is 3. The molecule has 2 atom stereocenters. The summed E-state index contributed by atoms with van der Waals surface area (Å²) in [7, 11) is 0. The van der Waals surface area contributed by atoms with Crippen molar-refractivity contribution in [2.24, 2.45) is 5.92 Å². The van der Waals surface area contributed by atoms with E-state index in [1.54, 1.807) is 25.1 Å². The van der Waals surface area contributed by atoms with Crippen molar-refractivity contribution in [3.8, 4) is 0 Å². The lowest BCUT2D eigenvalue weighted by Gasteiger charge is -2.32. The largest absolute Gasteiger partial charge is 0.464 e. The van der Waals surface area contributed by atoms with Gasteiger partial charge in [0.1, 0.15) is 11.4 Å². The van der Waals surface area contributed by atoms with Gasteiger partial charge in [-0.15, -0.1) is 0 Å². The molecule has 1 N–H and O–H groups in total. The summed E-state index contributed by atoms with van der Waals surface area (Å²) in [5, 5.41) is 3.16. The third kappa shape index (κ3) is 3.74. The number of nitrogens with one attached hydrogen (secondary N) is 1. The van der Waals surface area contributed by atoms with E-state index in [4.69, 9.17) is 4.74 Å². The summed E-state index contributed by atoms with van der Waals surface area (Å²) >= 11 is 0. The Morgan fingerprint density at radius 3 is 2.86 bits per heavy atom. The van der Waals surface area contributed by atoms with Crippen molar-refractivity contribution in [1.29, 1.82) is 0 Å². The van der Waals surface area contributed by atoms with Crippen LogP contribution in [0, 0.1) is 11.7 Å². The fourth-order valence-corrected chi connectivity index (χ4v) is 2.98. The number of para-hydroxylation sites is 1. The molecular formula is C17H24FNO2. The van der Waals surface area contributed by atoms with Crippen molar-refractivity contribution in [1.82, 2.24) is 0 Å². The lowest BCUT2D eigenvalue weighted by Crippen LogP contribution is -2.47. The highest BCUT2D eigenvalue weighted by Crippen LogP contribution is 2.34. The number of carbonyl (C=O) groups is 1. The van der Waals surface area contributed by atoms with Crippen LogP contribution in [0.15, 0.2) is 24.3 Å². The van der Waals surface area contributed by atoms with E-state index >= 15 is 0 Å². The monoisotopic (exact) mass is 293 g/mol. The second-order valence-electron chi connectivity index (χ2n) is 5.94. The van der Waals surface area contributed by atoms with Gasteiger partial charge in [-0.1, -0.05) is 31.9 Å². The SMILES string of the molecule is CCOC(=O)C1(Nc2ccccc2F)CCCC(C)CC1. The fourth-order valence-electron chi connectivity index (χ4n) is 2.98. The van der Waals surface area contributed by atoms with Gasteiger partial charge in [-0.25, -0.2) is 9.18 Å². The number of carbonyl (C=O) groups excluding carboxylic acids is 1. The maximum absolute atomic E-state index is 13.9. The van der Waals surface area contributed by atoms with Crippen LogP contribution in [-0.2, 0) is 9.53 Å². The molecule has 1 saturated carbocycles. The predicted octanol–water partition coefficient (Wildman–Crippen LogP) is 4.14. The summed E-state index contributed by atoms with van der Waals surface area (Å²) in [6, 6.07) is 6.49. The molecule has 0 radical (unpaired) electrons. The molecule has 1 fully saturated rings. The smallest absolute Gasteiger partial charge is 0.331 e. The van der Waals surface area contributed by atoms with Crippen molar-refractivity contribution in [3.05, 3.63) is 30.1 Å². The zero-order chi connectivity index (χ0) is 15.3. The van der Waals surface area contributed by atoms with Gasteiger partial charge in [-0.05, 0) is 44.2 Å². The van der Waals surface area contributed by atoms with Crippen LogP contribution in [0.1, 0.15) is 46.0 Å². The zero-order valence-corrected chi connectivity index (χ0v) is 12.8. The first-order valence-electron chi connectivity index (χ1n) is 7.77. The maximum atomic E-state index is 13.9. The van der Waals surface area contributed by atoms with Crippen molar-refractivity contribution in [2.75, 3.05) is 11.9 Å². The molecule has 0 aromatic heterocycles. The minimum Gasteiger partial charge on any atom is -0.464 e. The molecule has 0 amide bonds. The molecule has 4 heteroatoms. The van der Waals surface area contributed by atoms with Crippen molar-refractivity contribution >= 4 is 11.7 Å². The minimum absolute atomic E-state index is 0.262. The van der Waals surface area contributed by atoms with Crippen LogP contribution in [-0.4, -0.2) is 18.1 Å². The second-order valence-corrected chi connectivity index (χ2v) is 5.94. The molecule has 0 spiro atoms. The van der Waals surface area contributed by atoms with Crippen LogP contribution in [0.4, 0.5) is 10.1 Å². The van der Waals surface area contributed by atoms with E-state index in [9.17, 15) is 9.18 Å². The molecule has 0 bridgehead atoms. The molecule has 21 heavy (non-hydrogen) atoms. The third-order valence-electron chi connectivity index (χ3n) is 4.28. The molecular weight excluding hydrogens is 269 g/mol. The number of ether oxygens (including phenoxy) is 1. The summed E-state index contributed by atoms with van der Waals surface area (Å²) < 4.78 is 19.2. The first-order valence-corrected chi connectivity index (χ1v) is 7.77. The Kier molecular flexibility index (Phi) is 5.21. The van der Waals surface area contributed by atoms with Crippen LogP contribution in [0.5, 0.6) is 0 Å². The summed E-state index contributed by atoms with van der Waals surface area (Å²) in [6.45, 7) is 4.34. The normalized spacial score (nSPS) is 26.0. The van der Waals surface area contributed by atoms with Crippen molar-refractivity contribution in [3.63, 3.8) is 0 Å². The van der Waals surface area contributed by atoms with E-state index in [0.29, 0.717) is 31.1 Å². The summed E-state index contributed by atoms with van der Waals surface area (Å²) in [4.78, 5) is 12.5. The van der Waals surface area contributed by atoms with Gasteiger partial charge >= 0.3 is 5.97 Å². The van der Waals surface area contributed by atoms with Crippen molar-refractivity contribution < 1.29 is 13.9 Å². The summed E-state index contributed by atoms with van der Waals surface area (Å²) in [6.07, 6.45) is 4.35. The molecule has 2 rings (SSSR count).